The topological polar surface area (TPSA) is 63.6 Å². The molecule has 0 aromatic carbocycles. The van der Waals surface area contributed by atoms with E-state index in [1.54, 1.807) is 24.0 Å². The fraction of sp³-hybridized carbons (Fsp3) is 0.125. The van der Waals surface area contributed by atoms with Gasteiger partial charge in [0.2, 0.25) is 0 Å². The predicted octanol–water partition coefficient (Wildman–Crippen LogP) is 1.28. The SMILES string of the molecule is Cn1nccc1-c1n[nH]c(Cl)c1C=O. The van der Waals surface area contributed by atoms with Crippen molar-refractivity contribution in [3.63, 3.8) is 0 Å². The summed E-state index contributed by atoms with van der Waals surface area (Å²) in [5.41, 5.74) is 1.62. The van der Waals surface area contributed by atoms with Crippen molar-refractivity contribution >= 4 is 17.9 Å². The lowest BCUT2D eigenvalue weighted by Gasteiger charge is -1.97. The van der Waals surface area contributed by atoms with Gasteiger partial charge in [-0.05, 0) is 6.07 Å². The lowest BCUT2D eigenvalue weighted by molar-refractivity contribution is 0.112. The Morgan fingerprint density at radius 2 is 2.43 bits per heavy atom. The molecule has 0 aliphatic heterocycles. The van der Waals surface area contributed by atoms with Gasteiger partial charge < -0.3 is 0 Å². The quantitative estimate of drug-likeness (QED) is 0.760. The molecule has 2 aromatic heterocycles. The Balaban J connectivity index is 2.62. The van der Waals surface area contributed by atoms with E-state index in [9.17, 15) is 4.79 Å². The van der Waals surface area contributed by atoms with Crippen LogP contribution in [0.15, 0.2) is 12.3 Å². The van der Waals surface area contributed by atoms with Crippen molar-refractivity contribution in [3.05, 3.63) is 23.0 Å². The summed E-state index contributed by atoms with van der Waals surface area (Å²) < 4.78 is 1.62. The normalized spacial score (nSPS) is 10.4. The van der Waals surface area contributed by atoms with Crippen LogP contribution in [0, 0.1) is 0 Å². The van der Waals surface area contributed by atoms with Gasteiger partial charge in [-0.2, -0.15) is 10.2 Å². The highest BCUT2D eigenvalue weighted by molar-refractivity contribution is 6.32. The zero-order valence-corrected chi connectivity index (χ0v) is 8.12. The van der Waals surface area contributed by atoms with Crippen LogP contribution in [-0.2, 0) is 7.05 Å². The second-order valence-electron chi connectivity index (χ2n) is 2.76. The van der Waals surface area contributed by atoms with E-state index >= 15 is 0 Å². The molecule has 0 unspecified atom stereocenters. The van der Waals surface area contributed by atoms with E-state index in [2.05, 4.69) is 15.3 Å². The molecule has 0 bridgehead atoms. The fourth-order valence-electron chi connectivity index (χ4n) is 1.24. The monoisotopic (exact) mass is 210 g/mol. The second-order valence-corrected chi connectivity index (χ2v) is 3.14. The average Bonchev–Trinajstić information content (AvgIpc) is 2.71. The second kappa shape index (κ2) is 3.26. The standard InChI is InChI=1S/C8H7ClN4O/c1-13-6(2-3-10-13)7-5(4-14)8(9)12-11-7/h2-4H,1H3,(H,11,12). The third kappa shape index (κ3) is 1.22. The molecule has 2 rings (SSSR count). The molecule has 14 heavy (non-hydrogen) atoms. The summed E-state index contributed by atoms with van der Waals surface area (Å²) in [7, 11) is 1.77. The molecule has 0 aliphatic carbocycles. The van der Waals surface area contributed by atoms with Crippen molar-refractivity contribution in [2.75, 3.05) is 0 Å². The third-order valence-corrected chi connectivity index (χ3v) is 2.23. The van der Waals surface area contributed by atoms with Crippen molar-refractivity contribution in [3.8, 4) is 11.4 Å². The summed E-state index contributed by atoms with van der Waals surface area (Å²) in [4.78, 5) is 10.7. The lowest BCUT2D eigenvalue weighted by Crippen LogP contribution is -1.95. The Morgan fingerprint density at radius 3 is 3.00 bits per heavy atom. The van der Waals surface area contributed by atoms with Crippen LogP contribution in [0.2, 0.25) is 5.15 Å². The molecule has 0 atom stereocenters. The summed E-state index contributed by atoms with van der Waals surface area (Å²) in [5, 5.41) is 10.7. The first-order valence-corrected chi connectivity index (χ1v) is 4.29. The molecule has 1 N–H and O–H groups in total. The number of carbonyl (C=O) groups is 1. The molecule has 2 heterocycles. The van der Waals surface area contributed by atoms with Gasteiger partial charge in [0.05, 0.1) is 11.3 Å². The van der Waals surface area contributed by atoms with Crippen molar-refractivity contribution in [1.29, 1.82) is 0 Å². The first kappa shape index (κ1) is 8.96. The zero-order chi connectivity index (χ0) is 10.1. The van der Waals surface area contributed by atoms with Crippen molar-refractivity contribution in [2.45, 2.75) is 0 Å². The molecule has 0 saturated carbocycles. The van der Waals surface area contributed by atoms with Gasteiger partial charge in [-0.3, -0.25) is 14.6 Å². The molecule has 0 amide bonds. The van der Waals surface area contributed by atoms with Crippen LogP contribution in [0.5, 0.6) is 0 Å². The lowest BCUT2D eigenvalue weighted by atomic mass is 10.2. The van der Waals surface area contributed by atoms with Crippen LogP contribution < -0.4 is 0 Å². The highest BCUT2D eigenvalue weighted by Crippen LogP contribution is 2.23. The van der Waals surface area contributed by atoms with Crippen LogP contribution in [-0.4, -0.2) is 26.3 Å². The first-order chi connectivity index (χ1) is 6.74. The van der Waals surface area contributed by atoms with E-state index in [4.69, 9.17) is 11.6 Å². The number of carbonyl (C=O) groups excluding carboxylic acids is 1. The van der Waals surface area contributed by atoms with Crippen molar-refractivity contribution in [1.82, 2.24) is 20.0 Å². The van der Waals surface area contributed by atoms with Gasteiger partial charge >= 0.3 is 0 Å². The summed E-state index contributed by atoms with van der Waals surface area (Å²) >= 11 is 5.74. The Kier molecular flexibility index (Phi) is 2.09. The largest absolute Gasteiger partial charge is 0.298 e. The molecule has 0 fully saturated rings. The maximum Gasteiger partial charge on any atom is 0.155 e. The number of aromatic amines is 1. The van der Waals surface area contributed by atoms with E-state index in [0.29, 0.717) is 17.5 Å². The Hall–Kier alpha value is -1.62. The highest BCUT2D eigenvalue weighted by atomic mass is 35.5. The predicted molar refractivity (Wildman–Crippen MR) is 51.2 cm³/mol. The van der Waals surface area contributed by atoms with Gasteiger partial charge in [-0.25, -0.2) is 0 Å². The van der Waals surface area contributed by atoms with E-state index < -0.39 is 0 Å². The summed E-state index contributed by atoms with van der Waals surface area (Å²) in [6.45, 7) is 0. The van der Waals surface area contributed by atoms with Gasteiger partial charge in [0.15, 0.2) is 6.29 Å². The zero-order valence-electron chi connectivity index (χ0n) is 7.36. The molecule has 0 radical (unpaired) electrons. The van der Waals surface area contributed by atoms with Gasteiger partial charge in [-0.15, -0.1) is 0 Å². The number of hydrogen-bond donors (Lipinski definition) is 1. The average molecular weight is 211 g/mol. The first-order valence-electron chi connectivity index (χ1n) is 3.91. The maximum atomic E-state index is 10.7. The van der Waals surface area contributed by atoms with Crippen LogP contribution in [0.1, 0.15) is 10.4 Å². The van der Waals surface area contributed by atoms with Crippen LogP contribution in [0.25, 0.3) is 11.4 Å². The molecule has 6 heteroatoms. The summed E-state index contributed by atoms with van der Waals surface area (Å²) in [6, 6.07) is 1.76. The molecule has 5 nitrogen and oxygen atoms in total. The van der Waals surface area contributed by atoms with Gasteiger partial charge in [0, 0.05) is 13.2 Å². The number of hydrogen-bond acceptors (Lipinski definition) is 3. The molecule has 0 aliphatic rings. The minimum atomic E-state index is 0.246. The Labute approximate surface area is 84.7 Å². The number of H-pyrrole nitrogens is 1. The number of nitrogens with one attached hydrogen (secondary N) is 1. The Morgan fingerprint density at radius 1 is 1.64 bits per heavy atom. The number of aromatic nitrogens is 4. The van der Waals surface area contributed by atoms with Gasteiger partial charge in [-0.1, -0.05) is 11.6 Å². The minimum Gasteiger partial charge on any atom is -0.298 e. The molecule has 2 aromatic rings. The smallest absolute Gasteiger partial charge is 0.155 e. The number of rotatable bonds is 2. The van der Waals surface area contributed by atoms with Crippen molar-refractivity contribution in [2.24, 2.45) is 7.05 Å². The molecular weight excluding hydrogens is 204 g/mol. The van der Waals surface area contributed by atoms with Crippen LogP contribution in [0.3, 0.4) is 0 Å². The highest BCUT2D eigenvalue weighted by Gasteiger charge is 2.14. The molecule has 72 valence electrons. The molecule has 0 saturated heterocycles. The maximum absolute atomic E-state index is 10.7. The van der Waals surface area contributed by atoms with Crippen molar-refractivity contribution < 1.29 is 4.79 Å². The number of halogens is 1. The number of nitrogens with zero attached hydrogens (tertiary/aromatic N) is 3. The summed E-state index contributed by atoms with van der Waals surface area (Å²) in [6.07, 6.45) is 2.31. The van der Waals surface area contributed by atoms with E-state index in [-0.39, 0.29) is 5.15 Å². The molecular formula is C8H7ClN4O. The van der Waals surface area contributed by atoms with Crippen LogP contribution >= 0.6 is 11.6 Å². The van der Waals surface area contributed by atoms with Gasteiger partial charge in [0.25, 0.3) is 0 Å². The van der Waals surface area contributed by atoms with E-state index in [0.717, 1.165) is 5.69 Å². The van der Waals surface area contributed by atoms with E-state index in [1.807, 2.05) is 0 Å². The number of aryl methyl sites for hydroxylation is 1. The Bertz CT molecular complexity index is 473. The number of aldehydes is 1. The van der Waals surface area contributed by atoms with E-state index in [1.165, 1.54) is 0 Å². The van der Waals surface area contributed by atoms with Gasteiger partial charge in [0.1, 0.15) is 10.8 Å². The molecule has 0 spiro atoms. The van der Waals surface area contributed by atoms with Crippen LogP contribution in [0.4, 0.5) is 0 Å². The fourth-order valence-corrected chi connectivity index (χ4v) is 1.41. The minimum absolute atomic E-state index is 0.246. The summed E-state index contributed by atoms with van der Waals surface area (Å²) in [5.74, 6) is 0. The third-order valence-electron chi connectivity index (χ3n) is 1.94.